The van der Waals surface area contributed by atoms with Gasteiger partial charge in [-0.2, -0.15) is 8.78 Å². The Balaban J connectivity index is 1.85. The topological polar surface area (TPSA) is 110 Å². The first-order chi connectivity index (χ1) is 13.6. The summed E-state index contributed by atoms with van der Waals surface area (Å²) in [7, 11) is -3.98. The van der Waals surface area contributed by atoms with E-state index in [2.05, 4.69) is 5.32 Å². The summed E-state index contributed by atoms with van der Waals surface area (Å²) in [5.41, 5.74) is -0.287. The molecule has 2 amide bonds. The molecule has 1 aromatic carbocycles. The number of unbranched alkanes of at least 4 members (excludes halogenated alkanes) is 3. The maximum absolute atomic E-state index is 14.3. The van der Waals surface area contributed by atoms with Crippen LogP contribution in [-0.4, -0.2) is 57.2 Å². The number of aliphatic hydroxyl groups is 1. The lowest BCUT2D eigenvalue weighted by molar-refractivity contribution is -0.0929. The summed E-state index contributed by atoms with van der Waals surface area (Å²) in [4.78, 5) is 31.1. The average molecular weight is 432 g/mol. The van der Waals surface area contributed by atoms with Crippen molar-refractivity contribution in [1.82, 2.24) is 10.2 Å². The molecule has 162 valence electrons. The standard InChI is InChI=1S/C19H27F2N2O5P/c20-19(21,15-8-4-3-5-9-15)17(24)11-10-16-14-22-18(25)23(16)12-6-1-2-7-13-29(26,27)28/h3-5,8-11,16-17,24H,1-2,6-7,12-14H2,(H,22,25)(H2,26,27,28). The Labute approximate surface area is 168 Å². The van der Waals surface area contributed by atoms with Crippen LogP contribution >= 0.6 is 7.60 Å². The van der Waals surface area contributed by atoms with Crippen molar-refractivity contribution in [3.8, 4) is 0 Å². The van der Waals surface area contributed by atoms with Crippen LogP contribution in [0.25, 0.3) is 0 Å². The fraction of sp³-hybridized carbons (Fsp3) is 0.526. The molecule has 0 spiro atoms. The molecule has 1 aliphatic heterocycles. The Kier molecular flexibility index (Phi) is 8.34. The SMILES string of the molecule is O=C1NCC(C=CC(O)C(F)(F)c2ccccc2)N1CCCCCCP(=O)(O)O. The highest BCUT2D eigenvalue weighted by atomic mass is 31.2. The lowest BCUT2D eigenvalue weighted by atomic mass is 10.0. The smallest absolute Gasteiger partial charge is 0.325 e. The van der Waals surface area contributed by atoms with Crippen molar-refractivity contribution in [3.63, 3.8) is 0 Å². The molecular weight excluding hydrogens is 405 g/mol. The van der Waals surface area contributed by atoms with E-state index in [-0.39, 0.29) is 24.3 Å². The molecule has 2 atom stereocenters. The molecule has 0 saturated carbocycles. The van der Waals surface area contributed by atoms with Crippen LogP contribution in [0.5, 0.6) is 0 Å². The molecule has 7 nitrogen and oxygen atoms in total. The normalized spacial score (nSPS) is 19.0. The molecule has 0 aromatic heterocycles. The third-order valence-corrected chi connectivity index (χ3v) is 5.67. The van der Waals surface area contributed by atoms with E-state index in [1.807, 2.05) is 0 Å². The predicted octanol–water partition coefficient (Wildman–Crippen LogP) is 2.83. The van der Waals surface area contributed by atoms with Gasteiger partial charge in [0.25, 0.3) is 0 Å². The van der Waals surface area contributed by atoms with Gasteiger partial charge >= 0.3 is 19.5 Å². The molecule has 2 rings (SSSR count). The quantitative estimate of drug-likeness (QED) is 0.244. The van der Waals surface area contributed by atoms with E-state index >= 15 is 0 Å². The van der Waals surface area contributed by atoms with E-state index in [9.17, 15) is 23.2 Å². The van der Waals surface area contributed by atoms with Crippen molar-refractivity contribution < 1.29 is 33.0 Å². The minimum absolute atomic E-state index is 0.157. The number of amides is 2. The summed E-state index contributed by atoms with van der Waals surface area (Å²) in [6.07, 6.45) is 2.60. The number of carbonyl (C=O) groups is 1. The lowest BCUT2D eigenvalue weighted by Crippen LogP contribution is -2.35. The van der Waals surface area contributed by atoms with Crippen LogP contribution in [0.3, 0.4) is 0 Å². The Morgan fingerprint density at radius 1 is 1.21 bits per heavy atom. The summed E-state index contributed by atoms with van der Waals surface area (Å²) in [6, 6.07) is 6.30. The molecule has 1 heterocycles. The van der Waals surface area contributed by atoms with Crippen LogP contribution in [0.15, 0.2) is 42.5 Å². The Hall–Kier alpha value is -1.80. The molecular formula is C19H27F2N2O5P. The first kappa shape index (κ1) is 23.5. The van der Waals surface area contributed by atoms with Gasteiger partial charge in [0.15, 0.2) is 0 Å². The summed E-state index contributed by atoms with van der Waals surface area (Å²) in [5.74, 6) is -3.45. The second-order valence-electron chi connectivity index (χ2n) is 7.07. The third-order valence-electron chi connectivity index (χ3n) is 4.77. The van der Waals surface area contributed by atoms with Crippen molar-refractivity contribution in [1.29, 1.82) is 0 Å². The van der Waals surface area contributed by atoms with Crippen LogP contribution in [0.2, 0.25) is 0 Å². The number of urea groups is 1. The highest BCUT2D eigenvalue weighted by molar-refractivity contribution is 7.51. The van der Waals surface area contributed by atoms with Crippen LogP contribution in [-0.2, 0) is 10.5 Å². The van der Waals surface area contributed by atoms with Crippen LogP contribution in [0.4, 0.5) is 13.6 Å². The molecule has 29 heavy (non-hydrogen) atoms. The molecule has 1 aromatic rings. The number of carbonyl (C=O) groups excluding carboxylic acids is 1. The van der Waals surface area contributed by atoms with Gasteiger partial charge in [-0.1, -0.05) is 55.3 Å². The zero-order chi connectivity index (χ0) is 21.5. The van der Waals surface area contributed by atoms with Gasteiger partial charge in [0, 0.05) is 24.8 Å². The fourth-order valence-electron chi connectivity index (χ4n) is 3.13. The minimum atomic E-state index is -3.98. The second kappa shape index (κ2) is 10.3. The molecule has 0 radical (unpaired) electrons. The van der Waals surface area contributed by atoms with Gasteiger partial charge in [-0.25, -0.2) is 4.79 Å². The van der Waals surface area contributed by atoms with E-state index in [1.165, 1.54) is 35.2 Å². The van der Waals surface area contributed by atoms with Gasteiger partial charge in [-0.15, -0.1) is 0 Å². The number of halogens is 2. The van der Waals surface area contributed by atoms with E-state index in [0.29, 0.717) is 32.2 Å². The van der Waals surface area contributed by atoms with Crippen molar-refractivity contribution in [3.05, 3.63) is 48.0 Å². The zero-order valence-corrected chi connectivity index (χ0v) is 16.8. The van der Waals surface area contributed by atoms with Crippen molar-refractivity contribution >= 4 is 13.6 Å². The largest absolute Gasteiger partial charge is 0.382 e. The second-order valence-corrected chi connectivity index (χ2v) is 8.84. The minimum Gasteiger partial charge on any atom is -0.382 e. The molecule has 0 bridgehead atoms. The maximum Gasteiger partial charge on any atom is 0.325 e. The van der Waals surface area contributed by atoms with Gasteiger partial charge in [-0.3, -0.25) is 4.57 Å². The molecule has 1 fully saturated rings. The first-order valence-corrected chi connectivity index (χ1v) is 11.3. The number of rotatable bonds is 11. The van der Waals surface area contributed by atoms with Crippen molar-refractivity contribution in [2.24, 2.45) is 0 Å². The summed E-state index contributed by atoms with van der Waals surface area (Å²) < 4.78 is 39.5. The first-order valence-electron chi connectivity index (χ1n) is 9.50. The Bertz CT molecular complexity index is 741. The summed E-state index contributed by atoms with van der Waals surface area (Å²) in [5, 5.41) is 12.6. The number of alkyl halides is 2. The van der Waals surface area contributed by atoms with Crippen LogP contribution in [0.1, 0.15) is 31.2 Å². The highest BCUT2D eigenvalue weighted by Crippen LogP contribution is 2.35. The molecule has 0 aliphatic carbocycles. The van der Waals surface area contributed by atoms with Gasteiger partial charge in [0.2, 0.25) is 0 Å². The monoisotopic (exact) mass is 432 g/mol. The number of benzene rings is 1. The van der Waals surface area contributed by atoms with E-state index in [1.54, 1.807) is 6.07 Å². The predicted molar refractivity (Wildman–Crippen MR) is 105 cm³/mol. The number of nitrogens with zero attached hydrogens (tertiary/aromatic N) is 1. The Morgan fingerprint density at radius 2 is 1.86 bits per heavy atom. The zero-order valence-electron chi connectivity index (χ0n) is 16.0. The van der Waals surface area contributed by atoms with E-state index in [4.69, 9.17) is 9.79 Å². The number of aliphatic hydroxyl groups excluding tert-OH is 1. The third kappa shape index (κ3) is 7.19. The lowest BCUT2D eigenvalue weighted by Gasteiger charge is -2.23. The summed E-state index contributed by atoms with van der Waals surface area (Å²) in [6.45, 7) is 0.652. The molecule has 1 aliphatic rings. The van der Waals surface area contributed by atoms with Gasteiger partial charge in [0.05, 0.1) is 6.04 Å². The van der Waals surface area contributed by atoms with Crippen LogP contribution < -0.4 is 5.32 Å². The average Bonchev–Trinajstić information content (AvgIpc) is 3.02. The Morgan fingerprint density at radius 3 is 2.52 bits per heavy atom. The molecule has 2 unspecified atom stereocenters. The van der Waals surface area contributed by atoms with Gasteiger partial charge in [0.1, 0.15) is 6.10 Å². The fourth-order valence-corrected chi connectivity index (χ4v) is 3.77. The van der Waals surface area contributed by atoms with Crippen molar-refractivity contribution in [2.75, 3.05) is 19.3 Å². The summed E-state index contributed by atoms with van der Waals surface area (Å²) >= 11 is 0. The van der Waals surface area contributed by atoms with Gasteiger partial charge < -0.3 is 25.1 Å². The van der Waals surface area contributed by atoms with Crippen molar-refractivity contribution in [2.45, 2.75) is 43.8 Å². The highest BCUT2D eigenvalue weighted by Gasteiger charge is 2.39. The number of hydrogen-bond donors (Lipinski definition) is 4. The maximum atomic E-state index is 14.3. The van der Waals surface area contributed by atoms with Gasteiger partial charge in [-0.05, 0) is 12.8 Å². The van der Waals surface area contributed by atoms with E-state index in [0.717, 1.165) is 6.08 Å². The van der Waals surface area contributed by atoms with Crippen LogP contribution in [0, 0.1) is 0 Å². The molecule has 4 N–H and O–H groups in total. The number of hydrogen-bond acceptors (Lipinski definition) is 3. The van der Waals surface area contributed by atoms with E-state index < -0.39 is 25.7 Å². The number of nitrogens with one attached hydrogen (secondary N) is 1. The molecule has 1 saturated heterocycles. The molecule has 10 heteroatoms.